The van der Waals surface area contributed by atoms with E-state index in [1.807, 2.05) is 79.7 Å². The molecule has 0 atom stereocenters. The average molecular weight is 494 g/mol. The summed E-state index contributed by atoms with van der Waals surface area (Å²) in [4.78, 5) is 17.2. The van der Waals surface area contributed by atoms with Crippen LogP contribution in [0.1, 0.15) is 21.5 Å². The highest BCUT2D eigenvalue weighted by molar-refractivity contribution is 7.80. The molecular formula is C29H23N3O3S. The third-order valence-corrected chi connectivity index (χ3v) is 5.82. The number of aromatic nitrogens is 1. The van der Waals surface area contributed by atoms with Gasteiger partial charge in [0.1, 0.15) is 17.9 Å². The Hall–Kier alpha value is -4.49. The number of nitrogens with one attached hydrogen (secondary N) is 2. The number of rotatable bonds is 6. The third-order valence-electron chi connectivity index (χ3n) is 5.61. The molecule has 0 aliphatic rings. The summed E-state index contributed by atoms with van der Waals surface area (Å²) in [6, 6.07) is 30.2. The molecule has 0 radical (unpaired) electrons. The average Bonchev–Trinajstić information content (AvgIpc) is 3.32. The van der Waals surface area contributed by atoms with Gasteiger partial charge >= 0.3 is 0 Å². The monoisotopic (exact) mass is 493 g/mol. The zero-order chi connectivity index (χ0) is 24.9. The van der Waals surface area contributed by atoms with Crippen molar-refractivity contribution in [1.29, 1.82) is 0 Å². The Labute approximate surface area is 213 Å². The van der Waals surface area contributed by atoms with Gasteiger partial charge < -0.3 is 14.5 Å². The first-order valence-corrected chi connectivity index (χ1v) is 11.8. The number of anilines is 1. The summed E-state index contributed by atoms with van der Waals surface area (Å²) in [5, 5.41) is 5.93. The van der Waals surface area contributed by atoms with Crippen molar-refractivity contribution in [2.75, 3.05) is 5.32 Å². The maximum absolute atomic E-state index is 12.6. The van der Waals surface area contributed by atoms with Crippen LogP contribution in [0.25, 0.3) is 22.6 Å². The number of amides is 1. The molecule has 0 saturated heterocycles. The van der Waals surface area contributed by atoms with Crippen LogP contribution < -0.4 is 15.4 Å². The number of oxazole rings is 1. The van der Waals surface area contributed by atoms with Crippen LogP contribution in [-0.2, 0) is 6.61 Å². The van der Waals surface area contributed by atoms with Crippen LogP contribution in [0.4, 0.5) is 5.69 Å². The van der Waals surface area contributed by atoms with E-state index in [-0.39, 0.29) is 11.0 Å². The second-order valence-electron chi connectivity index (χ2n) is 8.22. The number of hydrogen-bond donors (Lipinski definition) is 2. The quantitative estimate of drug-likeness (QED) is 0.263. The smallest absolute Gasteiger partial charge is 0.257 e. The van der Waals surface area contributed by atoms with E-state index in [1.165, 1.54) is 0 Å². The van der Waals surface area contributed by atoms with Crippen LogP contribution in [-0.4, -0.2) is 16.0 Å². The van der Waals surface area contributed by atoms with E-state index in [9.17, 15) is 4.79 Å². The highest BCUT2D eigenvalue weighted by Crippen LogP contribution is 2.28. The summed E-state index contributed by atoms with van der Waals surface area (Å²) in [7, 11) is 0. The van der Waals surface area contributed by atoms with Crippen LogP contribution in [0.3, 0.4) is 0 Å². The van der Waals surface area contributed by atoms with Crippen molar-refractivity contribution in [3.63, 3.8) is 0 Å². The van der Waals surface area contributed by atoms with Gasteiger partial charge in [0.2, 0.25) is 5.89 Å². The highest BCUT2D eigenvalue weighted by atomic mass is 32.1. The maximum atomic E-state index is 12.6. The van der Waals surface area contributed by atoms with Crippen molar-refractivity contribution in [2.24, 2.45) is 0 Å². The summed E-state index contributed by atoms with van der Waals surface area (Å²) < 4.78 is 11.7. The minimum atomic E-state index is -0.313. The first-order chi connectivity index (χ1) is 17.5. The summed E-state index contributed by atoms with van der Waals surface area (Å²) >= 11 is 5.34. The Morgan fingerprint density at radius 3 is 2.47 bits per heavy atom. The number of hydrogen-bond acceptors (Lipinski definition) is 5. The molecule has 6 nitrogen and oxygen atoms in total. The molecule has 0 bridgehead atoms. The topological polar surface area (TPSA) is 76.4 Å². The predicted molar refractivity (Wildman–Crippen MR) is 145 cm³/mol. The minimum absolute atomic E-state index is 0.186. The van der Waals surface area contributed by atoms with E-state index < -0.39 is 0 Å². The minimum Gasteiger partial charge on any atom is -0.489 e. The van der Waals surface area contributed by atoms with Crippen LogP contribution in [0, 0.1) is 6.92 Å². The number of fused-ring (bicyclic) bond motifs is 1. The van der Waals surface area contributed by atoms with E-state index >= 15 is 0 Å². The van der Waals surface area contributed by atoms with Gasteiger partial charge in [-0.15, -0.1) is 0 Å². The molecule has 2 N–H and O–H groups in total. The molecular weight excluding hydrogens is 470 g/mol. The Morgan fingerprint density at radius 1 is 0.944 bits per heavy atom. The number of benzene rings is 4. The molecule has 1 aromatic heterocycles. The lowest BCUT2D eigenvalue weighted by Gasteiger charge is -2.10. The van der Waals surface area contributed by atoms with Crippen molar-refractivity contribution < 1.29 is 13.9 Å². The molecule has 0 spiro atoms. The highest BCUT2D eigenvalue weighted by Gasteiger charge is 2.12. The van der Waals surface area contributed by atoms with Crippen molar-refractivity contribution >= 4 is 40.0 Å². The van der Waals surface area contributed by atoms with E-state index in [0.717, 1.165) is 16.7 Å². The van der Waals surface area contributed by atoms with E-state index in [2.05, 4.69) is 15.6 Å². The Morgan fingerprint density at radius 2 is 1.69 bits per heavy atom. The van der Waals surface area contributed by atoms with Gasteiger partial charge in [0.05, 0.1) is 0 Å². The second kappa shape index (κ2) is 10.4. The van der Waals surface area contributed by atoms with Crippen LogP contribution >= 0.6 is 12.2 Å². The first-order valence-electron chi connectivity index (χ1n) is 11.4. The van der Waals surface area contributed by atoms with Gasteiger partial charge in [0, 0.05) is 16.8 Å². The van der Waals surface area contributed by atoms with Crippen LogP contribution in [0.2, 0.25) is 0 Å². The Bertz CT molecular complexity index is 1530. The van der Waals surface area contributed by atoms with Gasteiger partial charge in [0.25, 0.3) is 5.91 Å². The summed E-state index contributed by atoms with van der Waals surface area (Å²) in [5.41, 5.74) is 5.64. The lowest BCUT2D eigenvalue weighted by Crippen LogP contribution is -2.34. The molecule has 5 aromatic rings. The third kappa shape index (κ3) is 5.42. The fraction of sp³-hybridized carbons (Fsp3) is 0.0690. The number of nitrogens with zero attached hydrogens (tertiary/aromatic N) is 1. The zero-order valence-electron chi connectivity index (χ0n) is 19.5. The lowest BCUT2D eigenvalue weighted by atomic mass is 10.1. The number of thiocarbonyl (C=S) groups is 1. The zero-order valence-corrected chi connectivity index (χ0v) is 20.3. The standard InChI is InChI=1S/C29H23N3O3S/c1-19-7-5-6-10-24(19)28-31-25-17-22(13-16-26(25)35-28)30-29(36)32-27(33)21-11-14-23(15-12-21)34-18-20-8-3-2-4-9-20/h2-17H,18H2,1H3,(H2,30,32,33,36). The molecule has 0 saturated carbocycles. The van der Waals surface area contributed by atoms with Gasteiger partial charge in [-0.2, -0.15) is 0 Å². The van der Waals surface area contributed by atoms with Gasteiger partial charge in [-0.05, 0) is 78.8 Å². The number of carbonyl (C=O) groups is 1. The van der Waals surface area contributed by atoms with Crippen molar-refractivity contribution in [1.82, 2.24) is 10.3 Å². The van der Waals surface area contributed by atoms with Crippen LogP contribution in [0.15, 0.2) is 101 Å². The molecule has 0 aliphatic heterocycles. The van der Waals surface area contributed by atoms with Gasteiger partial charge in [-0.1, -0.05) is 48.5 Å². The molecule has 5 rings (SSSR count). The first kappa shape index (κ1) is 23.3. The van der Waals surface area contributed by atoms with E-state index in [1.54, 1.807) is 24.3 Å². The van der Waals surface area contributed by atoms with Crippen molar-refractivity contribution in [3.05, 3.63) is 114 Å². The van der Waals surface area contributed by atoms with Crippen LogP contribution in [0.5, 0.6) is 5.75 Å². The molecule has 36 heavy (non-hydrogen) atoms. The second-order valence-corrected chi connectivity index (χ2v) is 8.63. The molecule has 1 heterocycles. The summed E-state index contributed by atoms with van der Waals surface area (Å²) in [6.45, 7) is 2.48. The molecule has 1 amide bonds. The molecule has 0 fully saturated rings. The molecule has 0 aliphatic carbocycles. The molecule has 178 valence electrons. The SMILES string of the molecule is Cc1ccccc1-c1nc2cc(NC(=S)NC(=O)c3ccc(OCc4ccccc4)cc3)ccc2o1. The molecule has 7 heteroatoms. The number of ether oxygens (including phenoxy) is 1. The maximum Gasteiger partial charge on any atom is 0.257 e. The number of carbonyl (C=O) groups excluding carboxylic acids is 1. The molecule has 0 unspecified atom stereocenters. The van der Waals surface area contributed by atoms with Crippen molar-refractivity contribution in [3.8, 4) is 17.2 Å². The van der Waals surface area contributed by atoms with Crippen molar-refractivity contribution in [2.45, 2.75) is 13.5 Å². The number of aryl methyl sites for hydroxylation is 1. The fourth-order valence-corrected chi connectivity index (χ4v) is 3.92. The predicted octanol–water partition coefficient (Wildman–Crippen LogP) is 6.51. The lowest BCUT2D eigenvalue weighted by molar-refractivity contribution is 0.0977. The Kier molecular flexibility index (Phi) is 6.73. The van der Waals surface area contributed by atoms with Gasteiger partial charge in [-0.25, -0.2) is 4.98 Å². The summed E-state index contributed by atoms with van der Waals surface area (Å²) in [5.74, 6) is 0.931. The molecule has 4 aromatic carbocycles. The van der Waals surface area contributed by atoms with E-state index in [4.69, 9.17) is 21.4 Å². The largest absolute Gasteiger partial charge is 0.489 e. The van der Waals surface area contributed by atoms with Gasteiger partial charge in [-0.3, -0.25) is 10.1 Å². The van der Waals surface area contributed by atoms with Gasteiger partial charge in [0.15, 0.2) is 10.7 Å². The normalized spacial score (nSPS) is 10.7. The fourth-order valence-electron chi connectivity index (χ4n) is 3.71. The summed E-state index contributed by atoms with van der Waals surface area (Å²) in [6.07, 6.45) is 0. The van der Waals surface area contributed by atoms with E-state index in [0.29, 0.717) is 40.6 Å². The Balaban J connectivity index is 1.19.